The van der Waals surface area contributed by atoms with E-state index in [-0.39, 0.29) is 0 Å². The van der Waals surface area contributed by atoms with Crippen LogP contribution in [0, 0.1) is 5.82 Å². The summed E-state index contributed by atoms with van der Waals surface area (Å²) < 4.78 is 19.1. The summed E-state index contributed by atoms with van der Waals surface area (Å²) in [5, 5.41) is 10.3. The number of carbonyl (C=O) groups is 1. The molecule has 100 valence electrons. The third kappa shape index (κ3) is 1.82. The Hall–Kier alpha value is -1.84. The van der Waals surface area contributed by atoms with Crippen LogP contribution in [0.5, 0.6) is 0 Å². The van der Waals surface area contributed by atoms with Crippen LogP contribution in [-0.2, 0) is 10.2 Å². The molecule has 0 radical (unpaired) electrons. The molecule has 2 aromatic rings. The van der Waals surface area contributed by atoms with Crippen molar-refractivity contribution in [2.24, 2.45) is 0 Å². The number of carboxylic acids is 1. The first kappa shape index (κ1) is 12.2. The Bertz CT molecular complexity index is 623. The second-order valence-corrected chi connectivity index (χ2v) is 5.24. The first-order valence-corrected chi connectivity index (χ1v) is 6.54. The van der Waals surface area contributed by atoms with Crippen LogP contribution < -0.4 is 0 Å². The summed E-state index contributed by atoms with van der Waals surface area (Å²) in [6.07, 6.45) is 5.30. The molecule has 0 atom stereocenters. The number of halogens is 1. The number of benzene rings is 1. The molecule has 1 aliphatic rings. The van der Waals surface area contributed by atoms with Gasteiger partial charge in [0.1, 0.15) is 11.4 Å². The summed E-state index contributed by atoms with van der Waals surface area (Å²) in [7, 11) is 0. The van der Waals surface area contributed by atoms with E-state index in [2.05, 4.69) is 0 Å². The van der Waals surface area contributed by atoms with Crippen LogP contribution in [0.1, 0.15) is 37.7 Å². The van der Waals surface area contributed by atoms with Crippen molar-refractivity contribution in [3.05, 3.63) is 35.8 Å². The highest BCUT2D eigenvalue weighted by atomic mass is 19.1. The minimum atomic E-state index is -1.00. The van der Waals surface area contributed by atoms with Crippen LogP contribution in [0.2, 0.25) is 0 Å². The monoisotopic (exact) mass is 262 g/mol. The van der Waals surface area contributed by atoms with Crippen molar-refractivity contribution in [2.45, 2.75) is 37.5 Å². The molecule has 3 rings (SSSR count). The Labute approximate surface area is 110 Å². The number of hydrogen-bond acceptors (Lipinski definition) is 2. The minimum Gasteiger partial charge on any atom is -0.481 e. The minimum absolute atomic E-state index is 0.407. The van der Waals surface area contributed by atoms with E-state index in [9.17, 15) is 14.3 Å². The van der Waals surface area contributed by atoms with Crippen molar-refractivity contribution < 1.29 is 18.7 Å². The Balaban J connectivity index is 2.25. The summed E-state index contributed by atoms with van der Waals surface area (Å²) >= 11 is 0. The smallest absolute Gasteiger partial charge is 0.314 e. The second-order valence-electron chi connectivity index (χ2n) is 5.24. The summed E-state index contributed by atoms with van der Waals surface area (Å²) in [6, 6.07) is 4.37. The third-order valence-corrected chi connectivity index (χ3v) is 4.15. The molecule has 19 heavy (non-hydrogen) atoms. The van der Waals surface area contributed by atoms with Crippen LogP contribution in [0.4, 0.5) is 4.39 Å². The fourth-order valence-electron chi connectivity index (χ4n) is 3.15. The predicted molar refractivity (Wildman–Crippen MR) is 68.6 cm³/mol. The van der Waals surface area contributed by atoms with Gasteiger partial charge in [0.2, 0.25) is 0 Å². The van der Waals surface area contributed by atoms with E-state index in [1.807, 2.05) is 0 Å². The third-order valence-electron chi connectivity index (χ3n) is 4.15. The standard InChI is InChI=1S/C15H15FO3/c16-11-8-10-4-7-19-13(10)12(9-11)15(14(17)18)5-2-1-3-6-15/h4,7-9H,1-3,5-6H2,(H,17,18). The van der Waals surface area contributed by atoms with E-state index in [1.54, 1.807) is 6.07 Å². The lowest BCUT2D eigenvalue weighted by atomic mass is 9.69. The number of hydrogen-bond donors (Lipinski definition) is 1. The maximum Gasteiger partial charge on any atom is 0.314 e. The molecule has 1 saturated carbocycles. The van der Waals surface area contributed by atoms with E-state index in [0.717, 1.165) is 19.3 Å². The van der Waals surface area contributed by atoms with Crippen molar-refractivity contribution in [1.29, 1.82) is 0 Å². The number of fused-ring (bicyclic) bond motifs is 1. The molecule has 3 nitrogen and oxygen atoms in total. The quantitative estimate of drug-likeness (QED) is 0.894. The normalized spacial score (nSPS) is 18.6. The summed E-state index contributed by atoms with van der Waals surface area (Å²) in [4.78, 5) is 11.8. The number of rotatable bonds is 2. The van der Waals surface area contributed by atoms with Gasteiger partial charge >= 0.3 is 5.97 Å². The van der Waals surface area contributed by atoms with Gasteiger partial charge in [-0.15, -0.1) is 0 Å². The average molecular weight is 262 g/mol. The lowest BCUT2D eigenvalue weighted by Gasteiger charge is -2.33. The van der Waals surface area contributed by atoms with Gasteiger partial charge in [-0.05, 0) is 31.0 Å². The van der Waals surface area contributed by atoms with Crippen molar-refractivity contribution in [2.75, 3.05) is 0 Å². The lowest BCUT2D eigenvalue weighted by Crippen LogP contribution is -2.38. The zero-order valence-corrected chi connectivity index (χ0v) is 10.5. The Kier molecular flexibility index (Phi) is 2.81. The van der Waals surface area contributed by atoms with Gasteiger partial charge in [-0.1, -0.05) is 19.3 Å². The molecule has 1 fully saturated rings. The topological polar surface area (TPSA) is 50.4 Å². The van der Waals surface area contributed by atoms with Crippen LogP contribution in [0.15, 0.2) is 28.9 Å². The predicted octanol–water partition coefficient (Wildman–Crippen LogP) is 3.86. The van der Waals surface area contributed by atoms with Crippen molar-refractivity contribution in [3.8, 4) is 0 Å². The van der Waals surface area contributed by atoms with Crippen LogP contribution in [-0.4, -0.2) is 11.1 Å². The van der Waals surface area contributed by atoms with Gasteiger partial charge in [-0.25, -0.2) is 4.39 Å². The molecule has 0 amide bonds. The molecule has 1 aromatic heterocycles. The first-order valence-electron chi connectivity index (χ1n) is 6.54. The lowest BCUT2D eigenvalue weighted by molar-refractivity contribution is -0.145. The number of aliphatic carboxylic acids is 1. The maximum absolute atomic E-state index is 13.7. The van der Waals surface area contributed by atoms with Crippen molar-refractivity contribution in [3.63, 3.8) is 0 Å². The van der Waals surface area contributed by atoms with Gasteiger partial charge < -0.3 is 9.52 Å². The number of furan rings is 1. The Morgan fingerprint density at radius 2 is 2.00 bits per heavy atom. The van der Waals surface area contributed by atoms with Crippen molar-refractivity contribution in [1.82, 2.24) is 0 Å². The fourth-order valence-corrected chi connectivity index (χ4v) is 3.15. The van der Waals surface area contributed by atoms with Gasteiger partial charge in [-0.3, -0.25) is 4.79 Å². The molecule has 1 aliphatic carbocycles. The van der Waals surface area contributed by atoms with Crippen LogP contribution in [0.25, 0.3) is 11.0 Å². The van der Waals surface area contributed by atoms with Crippen molar-refractivity contribution >= 4 is 16.9 Å². The molecule has 1 N–H and O–H groups in total. The second kappa shape index (κ2) is 4.37. The molecule has 1 heterocycles. The molecule has 0 spiro atoms. The summed E-state index contributed by atoms with van der Waals surface area (Å²) in [5.74, 6) is -1.29. The fraction of sp³-hybridized carbons (Fsp3) is 0.400. The maximum atomic E-state index is 13.7. The molecule has 0 unspecified atom stereocenters. The molecule has 4 heteroatoms. The summed E-state index contributed by atoms with van der Waals surface area (Å²) in [5.41, 5.74) is -0.0124. The number of carboxylic acid groups (broad SMARTS) is 1. The Morgan fingerprint density at radius 3 is 2.68 bits per heavy atom. The largest absolute Gasteiger partial charge is 0.481 e. The molecular weight excluding hydrogens is 247 g/mol. The first-order chi connectivity index (χ1) is 9.13. The SMILES string of the molecule is O=C(O)C1(c2cc(F)cc3ccoc23)CCCCC1. The van der Waals surface area contributed by atoms with Gasteiger partial charge in [0.05, 0.1) is 11.7 Å². The van der Waals surface area contributed by atoms with E-state index in [0.29, 0.717) is 29.4 Å². The molecule has 0 bridgehead atoms. The zero-order chi connectivity index (χ0) is 13.5. The summed E-state index contributed by atoms with van der Waals surface area (Å²) in [6.45, 7) is 0. The highest BCUT2D eigenvalue weighted by Crippen LogP contribution is 2.43. The zero-order valence-electron chi connectivity index (χ0n) is 10.5. The molecule has 1 aromatic carbocycles. The van der Waals surface area contributed by atoms with Gasteiger partial charge in [0.25, 0.3) is 0 Å². The van der Waals surface area contributed by atoms with E-state index >= 15 is 0 Å². The molecular formula is C15H15FO3. The average Bonchev–Trinajstić information content (AvgIpc) is 2.86. The van der Waals surface area contributed by atoms with Crippen LogP contribution in [0.3, 0.4) is 0 Å². The van der Waals surface area contributed by atoms with Gasteiger partial charge in [0, 0.05) is 10.9 Å². The molecule has 0 saturated heterocycles. The van der Waals surface area contributed by atoms with Gasteiger partial charge in [-0.2, -0.15) is 0 Å². The van der Waals surface area contributed by atoms with E-state index < -0.39 is 17.2 Å². The highest BCUT2D eigenvalue weighted by Gasteiger charge is 2.43. The van der Waals surface area contributed by atoms with E-state index in [1.165, 1.54) is 18.4 Å². The van der Waals surface area contributed by atoms with Gasteiger partial charge in [0.15, 0.2) is 0 Å². The van der Waals surface area contributed by atoms with Crippen LogP contribution >= 0.6 is 0 Å². The molecule has 0 aliphatic heterocycles. The highest BCUT2D eigenvalue weighted by molar-refractivity contribution is 5.90. The Morgan fingerprint density at radius 1 is 1.26 bits per heavy atom. The van der Waals surface area contributed by atoms with E-state index in [4.69, 9.17) is 4.42 Å².